The molecule has 0 spiro atoms. The number of rotatable bonds is 3. The van der Waals surface area contributed by atoms with Gasteiger partial charge in [0.2, 0.25) is 5.91 Å². The largest absolute Gasteiger partial charge is 0.466 e. The first kappa shape index (κ1) is 17.3. The molecule has 0 radical (unpaired) electrons. The van der Waals surface area contributed by atoms with Crippen LogP contribution < -0.4 is 16.6 Å². The summed E-state index contributed by atoms with van der Waals surface area (Å²) in [5.74, 6) is 1.47. The molecule has 134 valence electrons. The van der Waals surface area contributed by atoms with Crippen LogP contribution in [0.4, 0.5) is 0 Å². The third kappa shape index (κ3) is 3.45. The lowest BCUT2D eigenvalue weighted by Gasteiger charge is -2.34. The first-order valence-electron chi connectivity index (χ1n) is 8.31. The maximum absolute atomic E-state index is 12.5. The van der Waals surface area contributed by atoms with Crippen LogP contribution in [-0.2, 0) is 24.8 Å². The molecule has 0 unspecified atom stereocenters. The minimum absolute atomic E-state index is 0.0166. The Labute approximate surface area is 145 Å². The topological polar surface area (TPSA) is 86.2 Å². The van der Waals surface area contributed by atoms with Gasteiger partial charge < -0.3 is 9.73 Å². The van der Waals surface area contributed by atoms with Crippen molar-refractivity contribution in [3.05, 3.63) is 56.3 Å². The van der Waals surface area contributed by atoms with Crippen molar-refractivity contribution in [1.29, 1.82) is 0 Å². The van der Waals surface area contributed by atoms with E-state index < -0.39 is 11.2 Å². The zero-order valence-corrected chi connectivity index (χ0v) is 15.0. The molecule has 0 bridgehead atoms. The van der Waals surface area contributed by atoms with Crippen molar-refractivity contribution >= 4 is 5.91 Å². The van der Waals surface area contributed by atoms with Gasteiger partial charge in [0, 0.05) is 31.3 Å². The van der Waals surface area contributed by atoms with Gasteiger partial charge in [0.1, 0.15) is 18.1 Å². The Bertz CT molecular complexity index is 933. The molecule has 25 heavy (non-hydrogen) atoms. The highest BCUT2D eigenvalue weighted by molar-refractivity contribution is 5.76. The molecule has 0 saturated carbocycles. The van der Waals surface area contributed by atoms with Gasteiger partial charge in [0.15, 0.2) is 0 Å². The maximum Gasteiger partial charge on any atom is 0.331 e. The molecule has 2 heterocycles. The van der Waals surface area contributed by atoms with Gasteiger partial charge in [-0.05, 0) is 24.8 Å². The Morgan fingerprint density at radius 1 is 1.40 bits per heavy atom. The number of carbonyl (C=O) groups excluding carboxylic acids is 1. The minimum Gasteiger partial charge on any atom is -0.466 e. The number of hydrogen-bond donors (Lipinski definition) is 1. The summed E-state index contributed by atoms with van der Waals surface area (Å²) in [5.41, 5.74) is 0.126. The minimum atomic E-state index is -0.508. The molecule has 0 saturated heterocycles. The van der Waals surface area contributed by atoms with Crippen LogP contribution in [0, 0.1) is 12.3 Å². The lowest BCUT2D eigenvalue weighted by atomic mass is 9.74. The highest BCUT2D eigenvalue weighted by Crippen LogP contribution is 2.41. The zero-order chi connectivity index (χ0) is 18.4. The van der Waals surface area contributed by atoms with Crippen LogP contribution in [0.5, 0.6) is 0 Å². The Morgan fingerprint density at radius 2 is 2.12 bits per heavy atom. The maximum atomic E-state index is 12.5. The van der Waals surface area contributed by atoms with Crippen LogP contribution in [0.3, 0.4) is 0 Å². The van der Waals surface area contributed by atoms with Gasteiger partial charge in [0.05, 0.1) is 6.04 Å². The lowest BCUT2D eigenvalue weighted by molar-refractivity contribution is -0.122. The van der Waals surface area contributed by atoms with Crippen LogP contribution in [0.15, 0.2) is 32.3 Å². The van der Waals surface area contributed by atoms with Crippen molar-refractivity contribution in [2.45, 2.75) is 46.2 Å². The number of carbonyl (C=O) groups is 1. The summed E-state index contributed by atoms with van der Waals surface area (Å²) in [7, 11) is 1.39. The first-order chi connectivity index (χ1) is 11.7. The summed E-state index contributed by atoms with van der Waals surface area (Å²) in [4.78, 5) is 36.0. The summed E-state index contributed by atoms with van der Waals surface area (Å²) in [6.07, 6.45) is 2.98. The summed E-state index contributed by atoms with van der Waals surface area (Å²) in [6.45, 7) is 6.05. The molecular formula is C18H23N3O4. The average molecular weight is 345 g/mol. The van der Waals surface area contributed by atoms with Crippen molar-refractivity contribution in [1.82, 2.24) is 14.5 Å². The second-order valence-electron chi connectivity index (χ2n) is 7.52. The number of hydrogen-bond acceptors (Lipinski definition) is 4. The molecule has 0 aliphatic heterocycles. The predicted molar refractivity (Wildman–Crippen MR) is 92.4 cm³/mol. The number of aromatic nitrogens is 2. The standard InChI is InChI=1S/C18H23N3O4/c1-11-7-12-13(8-18(2,3)9-14(12)25-11)19-15(22)10-21-6-5-16(23)20(4)17(21)24/h5-7,13H,8-10H2,1-4H3,(H,19,22)/t13-/m1/s1. The highest BCUT2D eigenvalue weighted by atomic mass is 16.3. The molecule has 7 heteroatoms. The molecule has 0 aromatic carbocycles. The quantitative estimate of drug-likeness (QED) is 0.908. The molecule has 1 N–H and O–H groups in total. The van der Waals surface area contributed by atoms with E-state index in [0.29, 0.717) is 0 Å². The van der Waals surface area contributed by atoms with Gasteiger partial charge in [0.25, 0.3) is 5.56 Å². The zero-order valence-electron chi connectivity index (χ0n) is 15.0. The van der Waals surface area contributed by atoms with E-state index >= 15 is 0 Å². The molecule has 1 aliphatic rings. The van der Waals surface area contributed by atoms with Gasteiger partial charge in [-0.2, -0.15) is 0 Å². The Kier molecular flexibility index (Phi) is 4.18. The third-order valence-corrected chi connectivity index (χ3v) is 4.65. The van der Waals surface area contributed by atoms with Crippen molar-refractivity contribution in [3.63, 3.8) is 0 Å². The van der Waals surface area contributed by atoms with E-state index in [1.807, 2.05) is 13.0 Å². The smallest absolute Gasteiger partial charge is 0.331 e. The van der Waals surface area contributed by atoms with E-state index in [0.717, 1.165) is 34.5 Å². The molecule has 1 amide bonds. The SMILES string of the molecule is Cc1cc2c(o1)CC(C)(C)C[C@H]2NC(=O)Cn1ccc(=O)n(C)c1=O. The second kappa shape index (κ2) is 6.06. The number of amides is 1. The Balaban J connectivity index is 1.80. The van der Waals surface area contributed by atoms with Gasteiger partial charge in [-0.3, -0.25) is 18.7 Å². The fourth-order valence-electron chi connectivity index (χ4n) is 3.44. The van der Waals surface area contributed by atoms with Crippen LogP contribution >= 0.6 is 0 Å². The summed E-state index contributed by atoms with van der Waals surface area (Å²) < 4.78 is 7.98. The molecule has 2 aromatic heterocycles. The highest BCUT2D eigenvalue weighted by Gasteiger charge is 2.35. The van der Waals surface area contributed by atoms with E-state index in [-0.39, 0.29) is 23.9 Å². The summed E-state index contributed by atoms with van der Waals surface area (Å²) in [5, 5.41) is 3.01. The fraction of sp³-hybridized carbons (Fsp3) is 0.500. The lowest BCUT2D eigenvalue weighted by Crippen LogP contribution is -2.42. The van der Waals surface area contributed by atoms with Crippen molar-refractivity contribution < 1.29 is 9.21 Å². The van der Waals surface area contributed by atoms with E-state index in [1.54, 1.807) is 0 Å². The van der Waals surface area contributed by atoms with E-state index in [1.165, 1.54) is 23.9 Å². The molecule has 1 aliphatic carbocycles. The first-order valence-corrected chi connectivity index (χ1v) is 8.31. The predicted octanol–water partition coefficient (Wildman–Crippen LogP) is 1.28. The second-order valence-corrected chi connectivity index (χ2v) is 7.52. The Hall–Kier alpha value is -2.57. The number of furan rings is 1. The molecule has 0 fully saturated rings. The van der Waals surface area contributed by atoms with E-state index in [9.17, 15) is 14.4 Å². The van der Waals surface area contributed by atoms with Gasteiger partial charge in [-0.25, -0.2) is 4.79 Å². The molecular weight excluding hydrogens is 322 g/mol. The number of fused-ring (bicyclic) bond motifs is 1. The van der Waals surface area contributed by atoms with Crippen LogP contribution in [-0.4, -0.2) is 15.0 Å². The number of nitrogens with zero attached hydrogens (tertiary/aromatic N) is 2. The summed E-state index contributed by atoms with van der Waals surface area (Å²) >= 11 is 0. The molecule has 3 rings (SSSR count). The molecule has 7 nitrogen and oxygen atoms in total. The molecule has 1 atom stereocenters. The van der Waals surface area contributed by atoms with Crippen molar-refractivity contribution in [2.75, 3.05) is 0 Å². The van der Waals surface area contributed by atoms with Gasteiger partial charge >= 0.3 is 5.69 Å². The third-order valence-electron chi connectivity index (χ3n) is 4.65. The van der Waals surface area contributed by atoms with Crippen LogP contribution in [0.2, 0.25) is 0 Å². The average Bonchev–Trinajstić information content (AvgIpc) is 2.87. The van der Waals surface area contributed by atoms with Crippen molar-refractivity contribution in [2.24, 2.45) is 12.5 Å². The van der Waals surface area contributed by atoms with Gasteiger partial charge in [-0.15, -0.1) is 0 Å². The van der Waals surface area contributed by atoms with Crippen LogP contribution in [0.25, 0.3) is 0 Å². The number of aryl methyl sites for hydroxylation is 1. The van der Waals surface area contributed by atoms with E-state index in [4.69, 9.17) is 4.42 Å². The monoisotopic (exact) mass is 345 g/mol. The van der Waals surface area contributed by atoms with Crippen LogP contribution in [0.1, 0.15) is 43.4 Å². The summed E-state index contributed by atoms with van der Waals surface area (Å²) in [6, 6.07) is 3.09. The van der Waals surface area contributed by atoms with Crippen molar-refractivity contribution in [3.8, 4) is 0 Å². The van der Waals surface area contributed by atoms with Gasteiger partial charge in [-0.1, -0.05) is 13.8 Å². The molecule has 2 aromatic rings. The fourth-order valence-corrected chi connectivity index (χ4v) is 3.44. The number of nitrogens with one attached hydrogen (secondary N) is 1. The van der Waals surface area contributed by atoms with E-state index in [2.05, 4.69) is 19.2 Å². The normalized spacial score (nSPS) is 18.6. The Morgan fingerprint density at radius 3 is 2.84 bits per heavy atom.